The Hall–Kier alpha value is -3.41. The van der Waals surface area contributed by atoms with E-state index in [4.69, 9.17) is 22.1 Å². The number of phenolic OH excluding ortho intramolecular Hbond substituents is 1. The number of aromatic hydroxyl groups is 1. The third-order valence-electron chi connectivity index (χ3n) is 5.62. The second-order valence-corrected chi connectivity index (χ2v) is 9.31. The van der Waals surface area contributed by atoms with Gasteiger partial charge in [-0.2, -0.15) is 13.2 Å². The van der Waals surface area contributed by atoms with Gasteiger partial charge < -0.3 is 26.0 Å². The van der Waals surface area contributed by atoms with Gasteiger partial charge in [-0.15, -0.1) is 0 Å². The molecule has 0 saturated carbocycles. The van der Waals surface area contributed by atoms with Crippen molar-refractivity contribution in [2.75, 3.05) is 13.7 Å². The van der Waals surface area contributed by atoms with Gasteiger partial charge in [-0.1, -0.05) is 11.6 Å². The minimum atomic E-state index is -5.28. The summed E-state index contributed by atoms with van der Waals surface area (Å²) in [5.41, 5.74) is 0.705. The van der Waals surface area contributed by atoms with Crippen LogP contribution in [0.3, 0.4) is 0 Å². The van der Waals surface area contributed by atoms with Crippen molar-refractivity contribution in [1.82, 2.24) is 10.3 Å². The molecule has 7 nitrogen and oxygen atoms in total. The van der Waals surface area contributed by atoms with Gasteiger partial charge in [0.2, 0.25) is 5.60 Å². The molecule has 3 aromatic rings. The molecule has 0 radical (unpaired) electrons. The first-order chi connectivity index (χ1) is 17.1. The van der Waals surface area contributed by atoms with Crippen LogP contribution in [0.4, 0.5) is 17.6 Å². The van der Waals surface area contributed by atoms with E-state index >= 15 is 0 Å². The molecule has 0 spiro atoms. The van der Waals surface area contributed by atoms with Crippen molar-refractivity contribution < 1.29 is 37.3 Å². The Morgan fingerprint density at radius 2 is 1.81 bits per heavy atom. The van der Waals surface area contributed by atoms with E-state index in [1.807, 2.05) is 0 Å². The molecule has 37 heavy (non-hydrogen) atoms. The summed E-state index contributed by atoms with van der Waals surface area (Å²) in [5, 5.41) is 22.4. The van der Waals surface area contributed by atoms with Gasteiger partial charge in [-0.3, -0.25) is 4.79 Å². The van der Waals surface area contributed by atoms with Crippen LogP contribution in [-0.2, 0) is 11.1 Å². The van der Waals surface area contributed by atoms with E-state index in [0.29, 0.717) is 0 Å². The van der Waals surface area contributed by atoms with Gasteiger partial charge in [0.1, 0.15) is 5.82 Å². The largest absolute Gasteiger partial charge is 0.504 e. The smallest absolute Gasteiger partial charge is 0.424 e. The number of carbonyl (C=O) groups is 1. The van der Waals surface area contributed by atoms with Gasteiger partial charge in [0.05, 0.1) is 30.1 Å². The molecular weight excluding hydrogens is 518 g/mol. The van der Waals surface area contributed by atoms with E-state index in [0.717, 1.165) is 24.3 Å². The number of aliphatic hydroxyl groups is 1. The fraction of sp³-hybridized carbons (Fsp3) is 0.280. The molecule has 1 aromatic heterocycles. The average Bonchev–Trinajstić information content (AvgIpc) is 2.82. The Balaban J connectivity index is 2.08. The number of carbonyl (C=O) groups excluding carboxylic acids is 1. The lowest BCUT2D eigenvalue weighted by molar-refractivity contribution is -0.265. The van der Waals surface area contributed by atoms with E-state index in [-0.39, 0.29) is 38.9 Å². The van der Waals surface area contributed by atoms with Gasteiger partial charge in [0, 0.05) is 16.7 Å². The number of aromatic nitrogens is 1. The van der Waals surface area contributed by atoms with Crippen LogP contribution in [0.2, 0.25) is 5.02 Å². The van der Waals surface area contributed by atoms with Crippen LogP contribution < -0.4 is 15.8 Å². The maximum absolute atomic E-state index is 14.3. The Labute approximate surface area is 214 Å². The molecule has 3 rings (SSSR count). The summed E-state index contributed by atoms with van der Waals surface area (Å²) in [4.78, 5) is 16.6. The number of nitrogens with one attached hydrogen (secondary N) is 1. The molecular formula is C25H24ClF4N3O4. The monoisotopic (exact) mass is 541 g/mol. The number of halogens is 5. The van der Waals surface area contributed by atoms with Crippen molar-refractivity contribution in [2.24, 2.45) is 5.73 Å². The zero-order valence-corrected chi connectivity index (χ0v) is 20.7. The first-order valence-electron chi connectivity index (χ1n) is 10.8. The number of phenols is 1. The normalized spacial score (nSPS) is 13.7. The van der Waals surface area contributed by atoms with Crippen LogP contribution in [0.15, 0.2) is 48.5 Å². The molecule has 1 amide bonds. The summed E-state index contributed by atoms with van der Waals surface area (Å²) in [7, 11) is 1.24. The predicted octanol–water partition coefficient (Wildman–Crippen LogP) is 4.63. The van der Waals surface area contributed by atoms with Crippen molar-refractivity contribution in [3.05, 3.63) is 76.2 Å². The number of benzene rings is 2. The Morgan fingerprint density at radius 1 is 1.14 bits per heavy atom. The number of nitrogens with two attached hydrogens (primary N) is 1. The van der Waals surface area contributed by atoms with Crippen molar-refractivity contribution in [2.45, 2.75) is 31.2 Å². The molecule has 0 aliphatic rings. The van der Waals surface area contributed by atoms with Crippen molar-refractivity contribution in [3.8, 4) is 22.8 Å². The molecule has 0 aliphatic carbocycles. The highest BCUT2D eigenvalue weighted by Gasteiger charge is 2.56. The van der Waals surface area contributed by atoms with E-state index in [1.54, 1.807) is 13.8 Å². The topological polar surface area (TPSA) is 118 Å². The van der Waals surface area contributed by atoms with Crippen LogP contribution in [0.5, 0.6) is 11.5 Å². The number of nitrogens with zero attached hydrogens (tertiary/aromatic N) is 1. The molecule has 0 aliphatic heterocycles. The second-order valence-electron chi connectivity index (χ2n) is 8.90. The summed E-state index contributed by atoms with van der Waals surface area (Å²) in [6.45, 7) is 1.78. The maximum atomic E-state index is 14.3. The van der Waals surface area contributed by atoms with Gasteiger partial charge in [-0.25, -0.2) is 9.37 Å². The van der Waals surface area contributed by atoms with Gasteiger partial charge in [0.15, 0.2) is 11.5 Å². The Bertz CT molecular complexity index is 1330. The lowest BCUT2D eigenvalue weighted by Crippen LogP contribution is -2.51. The lowest BCUT2D eigenvalue weighted by Gasteiger charge is -2.32. The van der Waals surface area contributed by atoms with E-state index in [1.165, 1.54) is 31.4 Å². The van der Waals surface area contributed by atoms with Gasteiger partial charge >= 0.3 is 6.18 Å². The van der Waals surface area contributed by atoms with Crippen molar-refractivity contribution >= 4 is 17.5 Å². The second kappa shape index (κ2) is 10.2. The van der Waals surface area contributed by atoms with Crippen molar-refractivity contribution in [1.29, 1.82) is 0 Å². The summed E-state index contributed by atoms with van der Waals surface area (Å²) in [5.74, 6) is -2.05. The molecule has 12 heteroatoms. The molecule has 0 bridgehead atoms. The summed E-state index contributed by atoms with van der Waals surface area (Å²) < 4.78 is 61.5. The Kier molecular flexibility index (Phi) is 7.73. The summed E-state index contributed by atoms with van der Waals surface area (Å²) in [6, 6.07) is 9.33. The highest BCUT2D eigenvalue weighted by molar-refractivity contribution is 6.31. The highest BCUT2D eigenvalue weighted by Crippen LogP contribution is 2.40. The van der Waals surface area contributed by atoms with Gasteiger partial charge in [0.25, 0.3) is 5.91 Å². The average molecular weight is 542 g/mol. The number of ether oxygens (including phenoxy) is 1. The fourth-order valence-corrected chi connectivity index (χ4v) is 3.56. The minimum absolute atomic E-state index is 0.0507. The first kappa shape index (κ1) is 28.2. The quantitative estimate of drug-likeness (QED) is 0.324. The van der Waals surface area contributed by atoms with Crippen molar-refractivity contribution in [3.63, 3.8) is 0 Å². The highest BCUT2D eigenvalue weighted by atomic mass is 35.5. The van der Waals surface area contributed by atoms with Gasteiger partial charge in [-0.05, 0) is 67.9 Å². The van der Waals surface area contributed by atoms with E-state index in [9.17, 15) is 32.6 Å². The van der Waals surface area contributed by atoms with Crippen LogP contribution in [0.25, 0.3) is 11.3 Å². The van der Waals surface area contributed by atoms with E-state index < -0.39 is 41.3 Å². The SMILES string of the molecule is COc1cc(C(=O)NCC(O)(c2cc(C(C)(C)N)cc(-c3ccc(F)c(Cl)c3)n2)C(F)(F)F)ccc1O. The molecule has 5 N–H and O–H groups in total. The Morgan fingerprint density at radius 3 is 2.38 bits per heavy atom. The zero-order valence-electron chi connectivity index (χ0n) is 20.0. The van der Waals surface area contributed by atoms with Crippen LogP contribution in [0, 0.1) is 5.82 Å². The number of hydrogen-bond acceptors (Lipinski definition) is 6. The summed E-state index contributed by atoms with van der Waals surface area (Å²) >= 11 is 5.84. The van der Waals surface area contributed by atoms with Crippen LogP contribution in [-0.4, -0.2) is 40.9 Å². The van der Waals surface area contributed by atoms with E-state index in [2.05, 4.69) is 10.3 Å². The number of amides is 1. The molecule has 2 aromatic carbocycles. The van der Waals surface area contributed by atoms with Crippen LogP contribution >= 0.6 is 11.6 Å². The van der Waals surface area contributed by atoms with Crippen LogP contribution in [0.1, 0.15) is 35.5 Å². The summed E-state index contributed by atoms with van der Waals surface area (Å²) in [6.07, 6.45) is -5.28. The number of methoxy groups -OCH3 is 1. The third-order valence-corrected chi connectivity index (χ3v) is 5.91. The molecule has 1 unspecified atom stereocenters. The number of alkyl halides is 3. The fourth-order valence-electron chi connectivity index (χ4n) is 3.38. The lowest BCUT2D eigenvalue weighted by atomic mass is 9.89. The minimum Gasteiger partial charge on any atom is -0.504 e. The molecule has 0 saturated heterocycles. The number of pyridine rings is 1. The predicted molar refractivity (Wildman–Crippen MR) is 129 cm³/mol. The number of rotatable bonds is 7. The molecule has 1 atom stereocenters. The zero-order chi connectivity index (χ0) is 27.8. The number of hydrogen-bond donors (Lipinski definition) is 4. The third kappa shape index (κ3) is 5.95. The first-order valence-corrected chi connectivity index (χ1v) is 11.2. The standard InChI is InChI=1S/C25H24ClF4N3O4/c1-23(2,31)15-10-18(13-4-6-17(27)16(26)8-13)33-21(11-15)24(36,25(28,29)30)12-32-22(35)14-5-7-19(34)20(9-14)37-3/h4-11,34,36H,12,31H2,1-3H3,(H,32,35). The molecule has 198 valence electrons. The maximum Gasteiger partial charge on any atom is 0.424 e. The molecule has 0 fully saturated rings. The molecule has 1 heterocycles.